The Labute approximate surface area is 75.6 Å². The standard InChI is InChI=1S/C6H10N4O2S/c7-6-5(3-8-9-6)13(11,12)10-4-1-2-4/h3-4,10H,1-2H2,(H3,7,8,9). The van der Waals surface area contributed by atoms with E-state index in [9.17, 15) is 8.42 Å². The maximum Gasteiger partial charge on any atom is 0.246 e. The summed E-state index contributed by atoms with van der Waals surface area (Å²) in [6.07, 6.45) is 3.01. The maximum atomic E-state index is 11.5. The summed E-state index contributed by atoms with van der Waals surface area (Å²) >= 11 is 0. The Morgan fingerprint density at radius 1 is 1.62 bits per heavy atom. The number of nitrogens with zero attached hydrogens (tertiary/aromatic N) is 1. The Morgan fingerprint density at radius 2 is 2.31 bits per heavy atom. The van der Waals surface area contributed by atoms with Gasteiger partial charge in [0.2, 0.25) is 10.0 Å². The van der Waals surface area contributed by atoms with Crippen molar-refractivity contribution in [1.82, 2.24) is 14.9 Å². The minimum atomic E-state index is -3.45. The highest BCUT2D eigenvalue weighted by molar-refractivity contribution is 7.89. The second kappa shape index (κ2) is 2.71. The number of rotatable bonds is 3. The quantitative estimate of drug-likeness (QED) is 0.611. The highest BCUT2D eigenvalue weighted by atomic mass is 32.2. The van der Waals surface area contributed by atoms with Gasteiger partial charge in [-0.2, -0.15) is 5.10 Å². The van der Waals surface area contributed by atoms with Crippen LogP contribution >= 0.6 is 0 Å². The number of aromatic nitrogens is 2. The normalized spacial score (nSPS) is 17.5. The van der Waals surface area contributed by atoms with Crippen molar-refractivity contribution in [3.8, 4) is 0 Å². The second-order valence-electron chi connectivity index (χ2n) is 3.04. The van der Waals surface area contributed by atoms with Crippen molar-refractivity contribution in [2.45, 2.75) is 23.8 Å². The number of hydrogen-bond donors (Lipinski definition) is 3. The molecule has 1 heterocycles. The number of nitrogen functional groups attached to an aromatic ring is 1. The van der Waals surface area contributed by atoms with E-state index in [4.69, 9.17) is 5.73 Å². The van der Waals surface area contributed by atoms with E-state index >= 15 is 0 Å². The fourth-order valence-electron chi connectivity index (χ4n) is 0.983. The molecule has 0 saturated heterocycles. The molecule has 0 bridgehead atoms. The van der Waals surface area contributed by atoms with Crippen LogP contribution in [-0.2, 0) is 10.0 Å². The summed E-state index contributed by atoms with van der Waals surface area (Å²) in [7, 11) is -3.45. The van der Waals surface area contributed by atoms with Crippen LogP contribution in [0.2, 0.25) is 0 Å². The van der Waals surface area contributed by atoms with Crippen LogP contribution in [0.5, 0.6) is 0 Å². The van der Waals surface area contributed by atoms with Crippen LogP contribution in [0.25, 0.3) is 0 Å². The first-order valence-electron chi connectivity index (χ1n) is 3.91. The molecule has 13 heavy (non-hydrogen) atoms. The first-order chi connectivity index (χ1) is 6.09. The van der Waals surface area contributed by atoms with Crippen molar-refractivity contribution in [2.24, 2.45) is 0 Å². The lowest BCUT2D eigenvalue weighted by molar-refractivity contribution is 0.581. The van der Waals surface area contributed by atoms with Crippen LogP contribution in [-0.4, -0.2) is 24.7 Å². The lowest BCUT2D eigenvalue weighted by Crippen LogP contribution is -2.26. The Balaban J connectivity index is 2.28. The third-order valence-electron chi connectivity index (χ3n) is 1.82. The maximum absolute atomic E-state index is 11.5. The van der Waals surface area contributed by atoms with Gasteiger partial charge < -0.3 is 5.73 Å². The zero-order valence-electron chi connectivity index (χ0n) is 6.82. The average Bonchev–Trinajstić information content (AvgIpc) is 2.69. The summed E-state index contributed by atoms with van der Waals surface area (Å²) in [5.41, 5.74) is 5.39. The van der Waals surface area contributed by atoms with Gasteiger partial charge in [0, 0.05) is 6.04 Å². The van der Waals surface area contributed by atoms with Crippen molar-refractivity contribution in [3.05, 3.63) is 6.20 Å². The Kier molecular flexibility index (Phi) is 1.77. The zero-order chi connectivity index (χ0) is 9.47. The SMILES string of the molecule is Nc1[nH]ncc1S(=O)(=O)NC1CC1. The van der Waals surface area contributed by atoms with Gasteiger partial charge in [0.15, 0.2) is 0 Å². The number of aromatic amines is 1. The summed E-state index contributed by atoms with van der Waals surface area (Å²) in [6.45, 7) is 0. The number of sulfonamides is 1. The molecule has 0 atom stereocenters. The van der Waals surface area contributed by atoms with E-state index in [1.165, 1.54) is 6.20 Å². The van der Waals surface area contributed by atoms with Crippen LogP contribution in [0.15, 0.2) is 11.1 Å². The summed E-state index contributed by atoms with van der Waals surface area (Å²) in [5.74, 6) is 0.0770. The van der Waals surface area contributed by atoms with Crippen molar-refractivity contribution >= 4 is 15.8 Å². The van der Waals surface area contributed by atoms with Gasteiger partial charge in [-0.25, -0.2) is 13.1 Å². The number of nitrogens with two attached hydrogens (primary N) is 1. The number of H-pyrrole nitrogens is 1. The molecule has 0 spiro atoms. The molecule has 0 radical (unpaired) electrons. The van der Waals surface area contributed by atoms with Gasteiger partial charge in [-0.15, -0.1) is 0 Å². The van der Waals surface area contributed by atoms with E-state index in [0.29, 0.717) is 0 Å². The van der Waals surface area contributed by atoms with Crippen LogP contribution in [0.1, 0.15) is 12.8 Å². The zero-order valence-corrected chi connectivity index (χ0v) is 7.63. The van der Waals surface area contributed by atoms with Gasteiger partial charge in [0.05, 0.1) is 6.20 Å². The molecule has 1 aromatic rings. The molecule has 4 N–H and O–H groups in total. The molecule has 0 amide bonds. The van der Waals surface area contributed by atoms with Crippen LogP contribution in [0.4, 0.5) is 5.82 Å². The molecule has 72 valence electrons. The summed E-state index contributed by atoms with van der Waals surface area (Å²) in [5, 5.41) is 5.92. The third-order valence-corrected chi connectivity index (χ3v) is 3.37. The van der Waals surface area contributed by atoms with E-state index in [2.05, 4.69) is 14.9 Å². The van der Waals surface area contributed by atoms with Gasteiger partial charge in [-0.1, -0.05) is 0 Å². The molecule has 7 heteroatoms. The van der Waals surface area contributed by atoms with E-state index in [0.717, 1.165) is 12.8 Å². The fraction of sp³-hybridized carbons (Fsp3) is 0.500. The molecule has 6 nitrogen and oxygen atoms in total. The van der Waals surface area contributed by atoms with Crippen molar-refractivity contribution in [2.75, 3.05) is 5.73 Å². The molecular formula is C6H10N4O2S. The summed E-state index contributed by atoms with van der Waals surface area (Å²) in [4.78, 5) is 0.0272. The second-order valence-corrected chi connectivity index (χ2v) is 4.73. The highest BCUT2D eigenvalue weighted by Gasteiger charge is 2.29. The highest BCUT2D eigenvalue weighted by Crippen LogP contribution is 2.23. The van der Waals surface area contributed by atoms with Gasteiger partial charge >= 0.3 is 0 Å². The van der Waals surface area contributed by atoms with E-state index in [1.807, 2.05) is 0 Å². The molecule has 0 aromatic carbocycles. The van der Waals surface area contributed by atoms with Gasteiger partial charge in [0.1, 0.15) is 10.7 Å². The Morgan fingerprint density at radius 3 is 2.77 bits per heavy atom. The average molecular weight is 202 g/mol. The fourth-order valence-corrected chi connectivity index (χ4v) is 2.31. The first-order valence-corrected chi connectivity index (χ1v) is 5.39. The Hall–Kier alpha value is -1.08. The van der Waals surface area contributed by atoms with Crippen LogP contribution in [0.3, 0.4) is 0 Å². The molecule has 0 aliphatic heterocycles. The third kappa shape index (κ3) is 1.65. The molecule has 2 rings (SSSR count). The summed E-state index contributed by atoms with van der Waals surface area (Å²) < 4.78 is 25.5. The molecule has 1 aromatic heterocycles. The lowest BCUT2D eigenvalue weighted by Gasteiger charge is -2.02. The predicted molar refractivity (Wildman–Crippen MR) is 46.3 cm³/mol. The minimum Gasteiger partial charge on any atom is -0.383 e. The van der Waals surface area contributed by atoms with Crippen molar-refractivity contribution < 1.29 is 8.42 Å². The monoisotopic (exact) mass is 202 g/mol. The van der Waals surface area contributed by atoms with Gasteiger partial charge in [-0.05, 0) is 12.8 Å². The largest absolute Gasteiger partial charge is 0.383 e. The number of anilines is 1. The Bertz CT molecular complexity index is 406. The van der Waals surface area contributed by atoms with Crippen molar-refractivity contribution in [1.29, 1.82) is 0 Å². The molecule has 1 saturated carbocycles. The van der Waals surface area contributed by atoms with Gasteiger partial charge in [-0.3, -0.25) is 5.10 Å². The molecular weight excluding hydrogens is 192 g/mol. The number of nitrogens with one attached hydrogen (secondary N) is 2. The van der Waals surface area contributed by atoms with E-state index < -0.39 is 10.0 Å². The van der Waals surface area contributed by atoms with Crippen LogP contribution in [0, 0.1) is 0 Å². The number of hydrogen-bond acceptors (Lipinski definition) is 4. The molecule has 1 aliphatic rings. The first kappa shape index (κ1) is 8.52. The van der Waals surface area contributed by atoms with E-state index in [-0.39, 0.29) is 16.8 Å². The molecule has 0 unspecified atom stereocenters. The topological polar surface area (TPSA) is 101 Å². The lowest BCUT2D eigenvalue weighted by atomic mass is 10.7. The van der Waals surface area contributed by atoms with Crippen molar-refractivity contribution in [3.63, 3.8) is 0 Å². The molecule has 1 aliphatic carbocycles. The summed E-state index contributed by atoms with van der Waals surface area (Å²) in [6, 6.07) is 0.0827. The molecule has 1 fully saturated rings. The van der Waals surface area contributed by atoms with E-state index in [1.54, 1.807) is 0 Å². The minimum absolute atomic E-state index is 0.0272. The van der Waals surface area contributed by atoms with Gasteiger partial charge in [0.25, 0.3) is 0 Å². The smallest absolute Gasteiger partial charge is 0.246 e. The van der Waals surface area contributed by atoms with Crippen LogP contribution < -0.4 is 10.5 Å². The predicted octanol–water partition coefficient (Wildman–Crippen LogP) is -0.567.